The van der Waals surface area contributed by atoms with Crippen molar-refractivity contribution < 1.29 is 50.4 Å². The molecule has 0 amide bonds. The summed E-state index contributed by atoms with van der Waals surface area (Å²) in [6.07, 6.45) is 0. The fourth-order valence-electron chi connectivity index (χ4n) is 1.21. The molecule has 7 heteroatoms. The van der Waals surface area contributed by atoms with Crippen LogP contribution in [0.5, 0.6) is 0 Å². The Hall–Kier alpha value is -1.79. The van der Waals surface area contributed by atoms with Crippen LogP contribution in [0.1, 0.15) is 34.6 Å². The van der Waals surface area contributed by atoms with Gasteiger partial charge in [0.1, 0.15) is 0 Å². The van der Waals surface area contributed by atoms with Gasteiger partial charge in [-0.05, 0) is 12.1 Å². The molecule has 0 aromatic heterocycles. The molecule has 0 aliphatic carbocycles. The van der Waals surface area contributed by atoms with Gasteiger partial charge in [-0.2, -0.15) is 0 Å². The number of hydrogen-bond acceptors (Lipinski definition) is 6. The Balaban J connectivity index is 0.00000324. The number of carbonyl (C=O) groups is 4. The number of ether oxygens (including phenoxy) is 2. The van der Waals surface area contributed by atoms with Gasteiger partial charge < -0.3 is 9.47 Å². The third kappa shape index (κ3) is 5.15. The standard InChI is InChI=1S/C12H10O6.Ti/c1-7(13)17-11(15)9-5-3-4-6-10(9)12(16)18-8(2)14;/h3-6H,1-2H3;. The Morgan fingerprint density at radius 3 is 1.37 bits per heavy atom. The van der Waals surface area contributed by atoms with Crippen molar-refractivity contribution in [1.29, 1.82) is 0 Å². The molecule has 0 N–H and O–H groups in total. The normalized spacial score (nSPS) is 8.95. The third-order valence-electron chi connectivity index (χ3n) is 1.84. The van der Waals surface area contributed by atoms with Crippen molar-refractivity contribution in [2.24, 2.45) is 0 Å². The van der Waals surface area contributed by atoms with Gasteiger partial charge in [0, 0.05) is 35.6 Å². The predicted molar refractivity (Wildman–Crippen MR) is 58.6 cm³/mol. The minimum Gasteiger partial charge on any atom is -0.390 e. The Morgan fingerprint density at radius 2 is 1.11 bits per heavy atom. The SMILES string of the molecule is CC(=O)OC(=O)c1ccccc1C(=O)OC(C)=O.[Ti]. The van der Waals surface area contributed by atoms with Crippen molar-refractivity contribution in [3.63, 3.8) is 0 Å². The van der Waals surface area contributed by atoms with Crippen LogP contribution in [0.25, 0.3) is 0 Å². The second kappa shape index (κ2) is 7.61. The Kier molecular flexibility index (Phi) is 6.89. The molecule has 1 aromatic carbocycles. The van der Waals surface area contributed by atoms with E-state index in [0.717, 1.165) is 13.8 Å². The van der Waals surface area contributed by atoms with Crippen LogP contribution in [0.4, 0.5) is 0 Å². The zero-order chi connectivity index (χ0) is 13.7. The summed E-state index contributed by atoms with van der Waals surface area (Å²) < 4.78 is 8.72. The van der Waals surface area contributed by atoms with Crippen molar-refractivity contribution >= 4 is 23.9 Å². The molecule has 0 aliphatic heterocycles. The number of rotatable bonds is 2. The van der Waals surface area contributed by atoms with Crippen molar-refractivity contribution in [3.05, 3.63) is 35.4 Å². The van der Waals surface area contributed by atoms with Crippen LogP contribution in [0.15, 0.2) is 24.3 Å². The van der Waals surface area contributed by atoms with Crippen molar-refractivity contribution in [2.75, 3.05) is 0 Å². The quantitative estimate of drug-likeness (QED) is 0.461. The first-order chi connectivity index (χ1) is 8.41. The molecule has 19 heavy (non-hydrogen) atoms. The second-order valence-electron chi connectivity index (χ2n) is 3.31. The van der Waals surface area contributed by atoms with Gasteiger partial charge in [-0.15, -0.1) is 0 Å². The van der Waals surface area contributed by atoms with Gasteiger partial charge in [0.2, 0.25) is 0 Å². The van der Waals surface area contributed by atoms with Crippen molar-refractivity contribution in [1.82, 2.24) is 0 Å². The summed E-state index contributed by atoms with van der Waals surface area (Å²) in [5.41, 5.74) is -0.280. The van der Waals surface area contributed by atoms with Crippen molar-refractivity contribution in [2.45, 2.75) is 13.8 Å². The van der Waals surface area contributed by atoms with Gasteiger partial charge in [0.15, 0.2) is 0 Å². The van der Waals surface area contributed by atoms with E-state index in [1.165, 1.54) is 24.3 Å². The van der Waals surface area contributed by atoms with Crippen LogP contribution in [-0.4, -0.2) is 23.9 Å². The maximum atomic E-state index is 11.5. The molecule has 0 heterocycles. The van der Waals surface area contributed by atoms with E-state index in [0.29, 0.717) is 0 Å². The summed E-state index contributed by atoms with van der Waals surface area (Å²) in [5, 5.41) is 0. The zero-order valence-corrected chi connectivity index (χ0v) is 11.8. The summed E-state index contributed by atoms with van der Waals surface area (Å²) in [4.78, 5) is 44.4. The Bertz CT molecular complexity index is 476. The van der Waals surface area contributed by atoms with E-state index in [4.69, 9.17) is 0 Å². The zero-order valence-electron chi connectivity index (χ0n) is 10.3. The maximum absolute atomic E-state index is 11.5. The van der Waals surface area contributed by atoms with Gasteiger partial charge in [0.05, 0.1) is 11.1 Å². The maximum Gasteiger partial charge on any atom is 0.346 e. The molecule has 0 radical (unpaired) electrons. The number of carbonyl (C=O) groups excluding carboxylic acids is 4. The molecule has 1 aromatic rings. The first-order valence-corrected chi connectivity index (χ1v) is 4.96. The Morgan fingerprint density at radius 1 is 0.789 bits per heavy atom. The average molecular weight is 298 g/mol. The Labute approximate surface area is 124 Å². The van der Waals surface area contributed by atoms with Crippen LogP contribution >= 0.6 is 0 Å². The molecule has 0 aliphatic rings. The van der Waals surface area contributed by atoms with Gasteiger partial charge in [-0.3, -0.25) is 9.59 Å². The van der Waals surface area contributed by atoms with E-state index in [2.05, 4.69) is 9.47 Å². The van der Waals surface area contributed by atoms with E-state index in [1.54, 1.807) is 0 Å². The predicted octanol–water partition coefficient (Wildman–Crippen LogP) is 1.09. The molecular weight excluding hydrogens is 288 g/mol. The third-order valence-corrected chi connectivity index (χ3v) is 1.84. The van der Waals surface area contributed by atoms with Crippen LogP contribution in [0, 0.1) is 0 Å². The molecule has 0 saturated carbocycles. The largest absolute Gasteiger partial charge is 0.390 e. The van der Waals surface area contributed by atoms with Gasteiger partial charge in [-0.25, -0.2) is 9.59 Å². The fourth-order valence-corrected chi connectivity index (χ4v) is 1.21. The summed E-state index contributed by atoms with van der Waals surface area (Å²) in [7, 11) is 0. The van der Waals surface area contributed by atoms with Gasteiger partial charge >= 0.3 is 23.9 Å². The molecule has 0 bridgehead atoms. The minimum atomic E-state index is -0.974. The summed E-state index contributed by atoms with van der Waals surface area (Å²) >= 11 is 0. The summed E-state index contributed by atoms with van der Waals surface area (Å²) in [5.74, 6) is -3.54. The summed E-state index contributed by atoms with van der Waals surface area (Å²) in [6.45, 7) is 2.13. The molecule has 98 valence electrons. The first kappa shape index (κ1) is 17.2. The molecule has 0 saturated heterocycles. The molecule has 0 unspecified atom stereocenters. The molecule has 0 spiro atoms. The van der Waals surface area contributed by atoms with E-state index >= 15 is 0 Å². The molecule has 0 fully saturated rings. The monoisotopic (exact) mass is 298 g/mol. The van der Waals surface area contributed by atoms with Crippen LogP contribution < -0.4 is 0 Å². The number of hydrogen-bond donors (Lipinski definition) is 0. The van der Waals surface area contributed by atoms with Crippen LogP contribution in [0.3, 0.4) is 0 Å². The average Bonchev–Trinajstić information content (AvgIpc) is 2.27. The van der Waals surface area contributed by atoms with Crippen LogP contribution in [0.2, 0.25) is 0 Å². The fraction of sp³-hybridized carbons (Fsp3) is 0.167. The second-order valence-corrected chi connectivity index (χ2v) is 3.31. The molecular formula is C12H10O6Ti. The summed E-state index contributed by atoms with van der Waals surface area (Å²) in [6, 6.07) is 5.56. The number of benzene rings is 1. The van der Waals surface area contributed by atoms with Crippen LogP contribution in [-0.2, 0) is 40.8 Å². The van der Waals surface area contributed by atoms with E-state index < -0.39 is 23.9 Å². The topological polar surface area (TPSA) is 86.7 Å². The molecule has 1 rings (SSSR count). The van der Waals surface area contributed by atoms with E-state index in [9.17, 15) is 19.2 Å². The first-order valence-electron chi connectivity index (χ1n) is 4.96. The molecule has 0 atom stereocenters. The number of esters is 4. The van der Waals surface area contributed by atoms with Gasteiger partial charge in [0.25, 0.3) is 0 Å². The van der Waals surface area contributed by atoms with E-state index in [-0.39, 0.29) is 32.8 Å². The molecule has 6 nitrogen and oxygen atoms in total. The smallest absolute Gasteiger partial charge is 0.346 e. The minimum absolute atomic E-state index is 0. The van der Waals surface area contributed by atoms with Crippen molar-refractivity contribution in [3.8, 4) is 0 Å². The van der Waals surface area contributed by atoms with Gasteiger partial charge in [-0.1, -0.05) is 12.1 Å². The van der Waals surface area contributed by atoms with E-state index in [1.807, 2.05) is 0 Å².